The Balaban J connectivity index is 1.56. The molecule has 2 aliphatic rings. The maximum atomic E-state index is 12.5. The monoisotopic (exact) mass is 383 g/mol. The molecule has 0 radical (unpaired) electrons. The Morgan fingerprint density at radius 1 is 1.29 bits per heavy atom. The number of nitrogens with one attached hydrogen (secondary N) is 1. The van der Waals surface area contributed by atoms with Crippen LogP contribution in [-0.4, -0.2) is 47.3 Å². The van der Waals surface area contributed by atoms with Crippen molar-refractivity contribution >= 4 is 17.5 Å². The van der Waals surface area contributed by atoms with Crippen LogP contribution in [-0.2, 0) is 9.53 Å². The summed E-state index contributed by atoms with van der Waals surface area (Å²) >= 11 is 0. The average molecular weight is 383 g/mol. The molecule has 2 aromatic rings. The fraction of sp³-hybridized carbons (Fsp3) is 0.450. The van der Waals surface area contributed by atoms with E-state index >= 15 is 0 Å². The molecule has 1 amide bonds. The van der Waals surface area contributed by atoms with Crippen molar-refractivity contribution in [2.45, 2.75) is 25.5 Å². The van der Waals surface area contributed by atoms with Gasteiger partial charge >= 0.3 is 0 Å². The quantitative estimate of drug-likeness (QED) is 0.673. The number of nitrogens with two attached hydrogens (primary N) is 1. The predicted molar refractivity (Wildman–Crippen MR) is 106 cm³/mol. The maximum absolute atomic E-state index is 12.5. The zero-order valence-electron chi connectivity index (χ0n) is 15.7. The summed E-state index contributed by atoms with van der Waals surface area (Å²) in [6.07, 6.45) is 3.69. The second-order valence-corrected chi connectivity index (χ2v) is 7.24. The van der Waals surface area contributed by atoms with Crippen LogP contribution in [0.3, 0.4) is 0 Å². The lowest BCUT2D eigenvalue weighted by Gasteiger charge is -2.30. The molecule has 148 valence electrons. The van der Waals surface area contributed by atoms with Gasteiger partial charge in [0.25, 0.3) is 0 Å². The molecule has 2 aliphatic heterocycles. The molecule has 4 N–H and O–H groups in total. The molecular weight excluding hydrogens is 358 g/mol. The van der Waals surface area contributed by atoms with Crippen molar-refractivity contribution in [2.75, 3.05) is 36.5 Å². The molecule has 0 saturated carbocycles. The van der Waals surface area contributed by atoms with E-state index in [1.807, 2.05) is 12.1 Å². The normalized spacial score (nSPS) is 18.5. The van der Waals surface area contributed by atoms with Crippen LogP contribution < -0.4 is 16.0 Å². The molecular formula is C20H25N5O3. The molecule has 1 aromatic heterocycles. The highest BCUT2D eigenvalue weighted by molar-refractivity contribution is 6.00. The molecule has 1 saturated heterocycles. The maximum Gasteiger partial charge on any atom is 0.247 e. The van der Waals surface area contributed by atoms with Gasteiger partial charge in [0, 0.05) is 25.3 Å². The highest BCUT2D eigenvalue weighted by Gasteiger charge is 2.28. The smallest absolute Gasteiger partial charge is 0.247 e. The van der Waals surface area contributed by atoms with Crippen LogP contribution in [0.25, 0.3) is 11.3 Å². The molecule has 8 nitrogen and oxygen atoms in total. The summed E-state index contributed by atoms with van der Waals surface area (Å²) in [5, 5.41) is 12.5. The van der Waals surface area contributed by atoms with E-state index in [4.69, 9.17) is 15.5 Å². The van der Waals surface area contributed by atoms with Crippen LogP contribution in [0, 0.1) is 5.92 Å². The van der Waals surface area contributed by atoms with Crippen LogP contribution in [0.4, 0.5) is 11.6 Å². The van der Waals surface area contributed by atoms with E-state index in [2.05, 4.69) is 10.3 Å². The number of amides is 1. The Hall–Kier alpha value is -2.55. The van der Waals surface area contributed by atoms with Crippen molar-refractivity contribution in [3.8, 4) is 11.3 Å². The number of hydrogen-bond donors (Lipinski definition) is 3. The third-order valence-corrected chi connectivity index (χ3v) is 5.37. The van der Waals surface area contributed by atoms with Gasteiger partial charge in [-0.15, -0.1) is 0 Å². The minimum absolute atomic E-state index is 0.00705. The fourth-order valence-electron chi connectivity index (χ4n) is 3.63. The Morgan fingerprint density at radius 3 is 2.75 bits per heavy atom. The lowest BCUT2D eigenvalue weighted by Crippen LogP contribution is -2.42. The topological polar surface area (TPSA) is 114 Å². The van der Waals surface area contributed by atoms with Crippen molar-refractivity contribution in [3.05, 3.63) is 36.0 Å². The van der Waals surface area contributed by atoms with Crippen molar-refractivity contribution in [2.24, 2.45) is 11.7 Å². The number of nitrogens with zero attached hydrogens (tertiary/aromatic N) is 3. The first kappa shape index (κ1) is 18.8. The van der Waals surface area contributed by atoms with Gasteiger partial charge in [-0.2, -0.15) is 0 Å². The summed E-state index contributed by atoms with van der Waals surface area (Å²) in [5.41, 5.74) is 7.64. The van der Waals surface area contributed by atoms with Gasteiger partial charge in [-0.1, -0.05) is 24.3 Å². The number of aliphatic hydroxyl groups is 1. The van der Waals surface area contributed by atoms with Gasteiger partial charge in [0.1, 0.15) is 6.23 Å². The Bertz CT molecular complexity index is 834. The molecule has 3 heterocycles. The Morgan fingerprint density at radius 2 is 2.04 bits per heavy atom. The summed E-state index contributed by atoms with van der Waals surface area (Å²) in [6, 6.07) is 7.19. The molecule has 28 heavy (non-hydrogen) atoms. The van der Waals surface area contributed by atoms with E-state index in [1.54, 1.807) is 23.2 Å². The van der Waals surface area contributed by atoms with Gasteiger partial charge in [0.05, 0.1) is 18.4 Å². The van der Waals surface area contributed by atoms with E-state index in [0.717, 1.165) is 38.0 Å². The van der Waals surface area contributed by atoms with Gasteiger partial charge in [0.2, 0.25) is 5.91 Å². The molecule has 1 unspecified atom stereocenters. The molecule has 4 rings (SSSR count). The number of anilines is 2. The van der Waals surface area contributed by atoms with E-state index in [-0.39, 0.29) is 12.5 Å². The molecule has 1 aromatic carbocycles. The first-order valence-corrected chi connectivity index (χ1v) is 9.65. The number of rotatable bonds is 5. The van der Waals surface area contributed by atoms with Crippen LogP contribution >= 0.6 is 0 Å². The summed E-state index contributed by atoms with van der Waals surface area (Å²) < 4.78 is 5.42. The van der Waals surface area contributed by atoms with E-state index in [1.165, 1.54) is 0 Å². The number of ether oxygens (including phenoxy) is 1. The number of aromatic nitrogens is 2. The highest BCUT2D eigenvalue weighted by atomic mass is 16.5. The third-order valence-electron chi connectivity index (χ3n) is 5.37. The third kappa shape index (κ3) is 3.99. The van der Waals surface area contributed by atoms with Crippen molar-refractivity contribution in [3.63, 3.8) is 0 Å². The zero-order valence-corrected chi connectivity index (χ0v) is 15.7. The zero-order chi connectivity index (χ0) is 19.5. The molecule has 8 heteroatoms. The van der Waals surface area contributed by atoms with Gasteiger partial charge in [0.15, 0.2) is 11.6 Å². The van der Waals surface area contributed by atoms with Crippen LogP contribution in [0.1, 0.15) is 31.1 Å². The predicted octanol–water partition coefficient (Wildman–Crippen LogP) is 1.67. The average Bonchev–Trinajstić information content (AvgIpc) is 2.73. The van der Waals surface area contributed by atoms with Crippen molar-refractivity contribution in [1.29, 1.82) is 0 Å². The van der Waals surface area contributed by atoms with Crippen molar-refractivity contribution < 1.29 is 14.6 Å². The molecule has 0 spiro atoms. The molecule has 1 atom stereocenters. The van der Waals surface area contributed by atoms with Gasteiger partial charge in [-0.3, -0.25) is 9.69 Å². The number of aliphatic hydroxyl groups excluding tert-OH is 1. The van der Waals surface area contributed by atoms with Gasteiger partial charge in [-0.05, 0) is 30.7 Å². The summed E-state index contributed by atoms with van der Waals surface area (Å²) in [5.74, 6) is 1.78. The second-order valence-electron chi connectivity index (χ2n) is 7.24. The number of fused-ring (bicyclic) bond motifs is 1. The fourth-order valence-corrected chi connectivity index (χ4v) is 3.63. The first-order chi connectivity index (χ1) is 13.6. The van der Waals surface area contributed by atoms with Crippen LogP contribution in [0.2, 0.25) is 0 Å². The number of hydrogen-bond acceptors (Lipinski definition) is 7. The number of benzene rings is 1. The van der Waals surface area contributed by atoms with Crippen molar-refractivity contribution in [1.82, 2.24) is 9.97 Å². The van der Waals surface area contributed by atoms with Crippen LogP contribution in [0.5, 0.6) is 0 Å². The minimum atomic E-state index is -1.01. The summed E-state index contributed by atoms with van der Waals surface area (Å²) in [4.78, 5) is 23.5. The number of carbonyl (C=O) groups excluding carboxylic acids is 1. The SMILES string of the molecule is NC(O)c1ccc(-c2cnc3c(n2)N(CCC2CCOCC2)C(=O)CN3)cc1. The molecule has 0 aliphatic carbocycles. The van der Waals surface area contributed by atoms with Gasteiger partial charge < -0.3 is 20.9 Å². The van der Waals surface area contributed by atoms with E-state index in [0.29, 0.717) is 35.4 Å². The number of carbonyl (C=O) groups is 1. The van der Waals surface area contributed by atoms with E-state index in [9.17, 15) is 9.90 Å². The lowest BCUT2D eigenvalue weighted by atomic mass is 9.96. The van der Waals surface area contributed by atoms with Crippen LogP contribution in [0.15, 0.2) is 30.5 Å². The van der Waals surface area contributed by atoms with Gasteiger partial charge in [-0.25, -0.2) is 9.97 Å². The minimum Gasteiger partial charge on any atom is -0.381 e. The highest BCUT2D eigenvalue weighted by Crippen LogP contribution is 2.30. The first-order valence-electron chi connectivity index (χ1n) is 9.65. The lowest BCUT2D eigenvalue weighted by molar-refractivity contribution is -0.117. The van der Waals surface area contributed by atoms with E-state index < -0.39 is 6.23 Å². The Kier molecular flexibility index (Phi) is 5.52. The summed E-state index contributed by atoms with van der Waals surface area (Å²) in [6.45, 7) is 2.47. The standard InChI is InChI=1S/C20H25N5O3/c21-18(27)15-3-1-14(2-4-15)16-11-22-19-20(24-16)25(17(26)12-23-19)8-5-13-6-9-28-10-7-13/h1-4,11,13,18,27H,5-10,12,21H2,(H,22,23). The largest absolute Gasteiger partial charge is 0.381 e. The summed E-state index contributed by atoms with van der Waals surface area (Å²) in [7, 11) is 0. The molecule has 1 fully saturated rings. The second kappa shape index (κ2) is 8.22. The Labute approximate surface area is 163 Å². The molecule has 0 bridgehead atoms.